The van der Waals surface area contributed by atoms with Gasteiger partial charge in [0, 0.05) is 29.8 Å². The Bertz CT molecular complexity index is 1280. The lowest BCUT2D eigenvalue weighted by Crippen LogP contribution is -2.41. The standard InChI is InChI=1S/C27H30BrN3O4S/c1-2-35-24-12-10-23(11-13-24)31(36(33,34)25-14-8-22(28)9-15-25)20-27(32)29-17-5-18-30-19-16-21-6-3-4-7-26(21)30/h3-4,6-15H,2,5,16-20H2,1H3,(H,29,32). The highest BCUT2D eigenvalue weighted by Gasteiger charge is 2.27. The van der Waals surface area contributed by atoms with Crippen LogP contribution in [0.3, 0.4) is 0 Å². The number of amides is 1. The number of para-hydroxylation sites is 1. The Kier molecular flexibility index (Phi) is 8.53. The molecule has 9 heteroatoms. The van der Waals surface area contributed by atoms with Crippen molar-refractivity contribution in [1.82, 2.24) is 5.32 Å². The lowest BCUT2D eigenvalue weighted by atomic mass is 10.2. The number of carbonyl (C=O) groups is 1. The van der Waals surface area contributed by atoms with E-state index in [0.29, 0.717) is 24.6 Å². The number of carbonyl (C=O) groups excluding carboxylic acids is 1. The minimum Gasteiger partial charge on any atom is -0.494 e. The Labute approximate surface area is 221 Å². The molecule has 0 saturated carbocycles. The molecule has 0 atom stereocenters. The molecule has 0 aliphatic carbocycles. The molecule has 1 heterocycles. The molecule has 0 bridgehead atoms. The summed E-state index contributed by atoms with van der Waals surface area (Å²) < 4.78 is 34.4. The van der Waals surface area contributed by atoms with Crippen LogP contribution in [-0.4, -0.2) is 47.1 Å². The molecule has 0 radical (unpaired) electrons. The molecule has 1 aliphatic heterocycles. The fourth-order valence-corrected chi connectivity index (χ4v) is 5.93. The summed E-state index contributed by atoms with van der Waals surface area (Å²) in [7, 11) is -3.97. The average Bonchev–Trinajstić information content (AvgIpc) is 3.29. The molecule has 190 valence electrons. The SMILES string of the molecule is CCOc1ccc(N(CC(=O)NCCCN2CCc3ccccc32)S(=O)(=O)c2ccc(Br)cc2)cc1. The van der Waals surface area contributed by atoms with Crippen molar-refractivity contribution in [3.63, 3.8) is 0 Å². The van der Waals surface area contributed by atoms with E-state index >= 15 is 0 Å². The van der Waals surface area contributed by atoms with E-state index in [4.69, 9.17) is 4.74 Å². The number of ether oxygens (including phenoxy) is 1. The van der Waals surface area contributed by atoms with Gasteiger partial charge in [0.25, 0.3) is 10.0 Å². The van der Waals surface area contributed by atoms with Crippen LogP contribution in [0.25, 0.3) is 0 Å². The third kappa shape index (κ3) is 6.20. The Morgan fingerprint density at radius 1 is 1.06 bits per heavy atom. The number of sulfonamides is 1. The van der Waals surface area contributed by atoms with Gasteiger partial charge in [-0.25, -0.2) is 8.42 Å². The molecule has 0 saturated heterocycles. The molecular weight excluding hydrogens is 542 g/mol. The summed E-state index contributed by atoms with van der Waals surface area (Å²) in [5.74, 6) is 0.279. The maximum absolute atomic E-state index is 13.5. The first-order valence-electron chi connectivity index (χ1n) is 12.0. The Morgan fingerprint density at radius 2 is 1.78 bits per heavy atom. The zero-order valence-electron chi connectivity index (χ0n) is 20.2. The molecule has 0 spiro atoms. The second-order valence-electron chi connectivity index (χ2n) is 8.46. The molecule has 1 N–H and O–H groups in total. The molecule has 3 aromatic rings. The van der Waals surface area contributed by atoms with E-state index in [2.05, 4.69) is 44.3 Å². The van der Waals surface area contributed by atoms with Gasteiger partial charge >= 0.3 is 0 Å². The number of benzene rings is 3. The van der Waals surface area contributed by atoms with Crippen molar-refractivity contribution < 1.29 is 17.9 Å². The van der Waals surface area contributed by atoms with Crippen molar-refractivity contribution in [3.05, 3.63) is 82.8 Å². The summed E-state index contributed by atoms with van der Waals surface area (Å²) in [4.78, 5) is 15.3. The first-order chi connectivity index (χ1) is 17.4. The van der Waals surface area contributed by atoms with E-state index in [0.717, 1.165) is 34.7 Å². The number of anilines is 2. The predicted molar refractivity (Wildman–Crippen MR) is 146 cm³/mol. The molecule has 1 amide bonds. The Morgan fingerprint density at radius 3 is 2.50 bits per heavy atom. The van der Waals surface area contributed by atoms with Crippen molar-refractivity contribution in [2.45, 2.75) is 24.7 Å². The van der Waals surface area contributed by atoms with E-state index in [1.165, 1.54) is 23.4 Å². The molecule has 0 aromatic heterocycles. The second-order valence-corrected chi connectivity index (χ2v) is 11.2. The normalized spacial score (nSPS) is 12.8. The van der Waals surface area contributed by atoms with Crippen LogP contribution in [-0.2, 0) is 21.2 Å². The number of fused-ring (bicyclic) bond motifs is 1. The van der Waals surface area contributed by atoms with Crippen LogP contribution in [0.5, 0.6) is 5.75 Å². The molecule has 36 heavy (non-hydrogen) atoms. The lowest BCUT2D eigenvalue weighted by molar-refractivity contribution is -0.119. The van der Waals surface area contributed by atoms with Gasteiger partial charge in [-0.05, 0) is 79.9 Å². The van der Waals surface area contributed by atoms with Crippen LogP contribution < -0.4 is 19.3 Å². The highest BCUT2D eigenvalue weighted by molar-refractivity contribution is 9.10. The highest BCUT2D eigenvalue weighted by Crippen LogP contribution is 2.28. The number of nitrogens with one attached hydrogen (secondary N) is 1. The first kappa shape index (κ1) is 26.0. The lowest BCUT2D eigenvalue weighted by Gasteiger charge is -2.24. The van der Waals surface area contributed by atoms with Gasteiger partial charge in [0.15, 0.2) is 0 Å². The van der Waals surface area contributed by atoms with Crippen molar-refractivity contribution in [1.29, 1.82) is 0 Å². The summed E-state index contributed by atoms with van der Waals surface area (Å²) >= 11 is 3.34. The van der Waals surface area contributed by atoms with Crippen molar-refractivity contribution >= 4 is 43.2 Å². The van der Waals surface area contributed by atoms with Gasteiger partial charge in [0.2, 0.25) is 5.91 Å². The smallest absolute Gasteiger partial charge is 0.264 e. The Balaban J connectivity index is 1.42. The van der Waals surface area contributed by atoms with Gasteiger partial charge in [0.05, 0.1) is 17.2 Å². The number of hydrogen-bond donors (Lipinski definition) is 1. The van der Waals surface area contributed by atoms with Gasteiger partial charge in [-0.2, -0.15) is 0 Å². The third-order valence-electron chi connectivity index (χ3n) is 6.03. The van der Waals surface area contributed by atoms with E-state index in [-0.39, 0.29) is 17.3 Å². The minimum absolute atomic E-state index is 0.111. The zero-order chi connectivity index (χ0) is 25.5. The Hall–Kier alpha value is -3.04. The largest absolute Gasteiger partial charge is 0.494 e. The summed E-state index contributed by atoms with van der Waals surface area (Å²) in [6, 6.07) is 21.5. The summed E-state index contributed by atoms with van der Waals surface area (Å²) in [5, 5.41) is 2.89. The van der Waals surface area contributed by atoms with Gasteiger partial charge in [-0.3, -0.25) is 9.10 Å². The number of rotatable bonds is 11. The van der Waals surface area contributed by atoms with Crippen LogP contribution in [0.2, 0.25) is 0 Å². The number of nitrogens with zero attached hydrogens (tertiary/aromatic N) is 2. The fourth-order valence-electron chi connectivity index (χ4n) is 4.25. The van der Waals surface area contributed by atoms with Crippen LogP contribution in [0.1, 0.15) is 18.9 Å². The average molecular weight is 573 g/mol. The maximum Gasteiger partial charge on any atom is 0.264 e. The van der Waals surface area contributed by atoms with Crippen LogP contribution >= 0.6 is 15.9 Å². The van der Waals surface area contributed by atoms with Crippen molar-refractivity contribution in [3.8, 4) is 5.75 Å². The molecule has 0 unspecified atom stereocenters. The van der Waals surface area contributed by atoms with Crippen LogP contribution in [0, 0.1) is 0 Å². The van der Waals surface area contributed by atoms with E-state index in [1.807, 2.05) is 13.0 Å². The van der Waals surface area contributed by atoms with E-state index in [1.54, 1.807) is 36.4 Å². The number of halogens is 1. The van der Waals surface area contributed by atoms with Gasteiger partial charge in [-0.1, -0.05) is 34.1 Å². The third-order valence-corrected chi connectivity index (χ3v) is 8.35. The molecular formula is C27H30BrN3O4S. The summed E-state index contributed by atoms with van der Waals surface area (Å²) in [5.41, 5.74) is 3.00. The quantitative estimate of drug-likeness (QED) is 0.340. The number of hydrogen-bond acceptors (Lipinski definition) is 5. The molecule has 1 aliphatic rings. The molecule has 4 rings (SSSR count). The maximum atomic E-state index is 13.5. The topological polar surface area (TPSA) is 79.0 Å². The fraction of sp³-hybridized carbons (Fsp3) is 0.296. The van der Waals surface area contributed by atoms with Crippen LogP contribution in [0.4, 0.5) is 11.4 Å². The minimum atomic E-state index is -3.97. The summed E-state index contributed by atoms with van der Waals surface area (Å²) in [6.45, 7) is 4.34. The van der Waals surface area contributed by atoms with E-state index in [9.17, 15) is 13.2 Å². The van der Waals surface area contributed by atoms with Crippen LogP contribution in [0.15, 0.2) is 82.2 Å². The zero-order valence-corrected chi connectivity index (χ0v) is 22.6. The van der Waals surface area contributed by atoms with Crippen molar-refractivity contribution in [2.75, 3.05) is 42.0 Å². The molecule has 3 aromatic carbocycles. The summed E-state index contributed by atoms with van der Waals surface area (Å²) in [6.07, 6.45) is 1.80. The van der Waals surface area contributed by atoms with Gasteiger partial charge in [0.1, 0.15) is 12.3 Å². The van der Waals surface area contributed by atoms with E-state index < -0.39 is 10.0 Å². The highest BCUT2D eigenvalue weighted by atomic mass is 79.9. The van der Waals surface area contributed by atoms with Gasteiger partial charge < -0.3 is 15.0 Å². The first-order valence-corrected chi connectivity index (χ1v) is 14.2. The second kappa shape index (κ2) is 11.8. The monoisotopic (exact) mass is 571 g/mol. The molecule has 7 nitrogen and oxygen atoms in total. The van der Waals surface area contributed by atoms with Gasteiger partial charge in [-0.15, -0.1) is 0 Å². The van der Waals surface area contributed by atoms with Crippen molar-refractivity contribution in [2.24, 2.45) is 0 Å². The molecule has 0 fully saturated rings. The predicted octanol–water partition coefficient (Wildman–Crippen LogP) is 4.61.